The summed E-state index contributed by atoms with van der Waals surface area (Å²) in [6.45, 7) is 1.01. The summed E-state index contributed by atoms with van der Waals surface area (Å²) in [4.78, 5) is 10.5. The van der Waals surface area contributed by atoms with Crippen molar-refractivity contribution in [2.75, 3.05) is 13.4 Å². The minimum absolute atomic E-state index is 0.287. The van der Waals surface area contributed by atoms with Gasteiger partial charge in [-0.25, -0.2) is 0 Å². The molecule has 0 amide bonds. The monoisotopic (exact) mass is 350 g/mol. The molecule has 1 aliphatic rings. The van der Waals surface area contributed by atoms with E-state index in [1.165, 1.54) is 18.9 Å². The van der Waals surface area contributed by atoms with Gasteiger partial charge in [-0.3, -0.25) is 4.79 Å². The van der Waals surface area contributed by atoms with Crippen molar-refractivity contribution in [3.63, 3.8) is 0 Å². The second kappa shape index (κ2) is 10.8. The van der Waals surface area contributed by atoms with Gasteiger partial charge in [0.15, 0.2) is 11.5 Å². The average Bonchev–Trinajstić information content (AvgIpc) is 3.03. The highest BCUT2D eigenvalue weighted by atomic mass is 35.5. The van der Waals surface area contributed by atoms with Crippen LogP contribution in [-0.2, 0) is 4.79 Å². The standard InChI is InChI=1S/C19H23ClO4/c20-19(21)10-8-6-4-2-1-3-5-7-9-13-22-16-11-12-17-18(14-16)24-15-23-17/h4,6,8,10-12,14H,1-3,5,7,9,13,15H2/b6-4+,10-8?. The maximum Gasteiger partial charge on any atom is 0.245 e. The smallest absolute Gasteiger partial charge is 0.245 e. The molecule has 0 radical (unpaired) electrons. The van der Waals surface area contributed by atoms with E-state index < -0.39 is 5.24 Å². The van der Waals surface area contributed by atoms with Crippen molar-refractivity contribution in [2.45, 2.75) is 38.5 Å². The Kier molecular flexibility index (Phi) is 8.25. The molecule has 1 aliphatic heterocycles. The first kappa shape index (κ1) is 18.4. The fourth-order valence-electron chi connectivity index (χ4n) is 2.36. The molecule has 1 heterocycles. The van der Waals surface area contributed by atoms with Crippen molar-refractivity contribution in [1.82, 2.24) is 0 Å². The second-order valence-corrected chi connectivity index (χ2v) is 5.88. The maximum absolute atomic E-state index is 10.5. The third-order valence-electron chi connectivity index (χ3n) is 3.60. The van der Waals surface area contributed by atoms with Gasteiger partial charge in [-0.2, -0.15) is 0 Å². The number of fused-ring (bicyclic) bond motifs is 1. The fourth-order valence-corrected chi connectivity index (χ4v) is 2.43. The van der Waals surface area contributed by atoms with Gasteiger partial charge in [-0.15, -0.1) is 0 Å². The minimum atomic E-state index is -0.442. The Morgan fingerprint density at radius 2 is 1.88 bits per heavy atom. The van der Waals surface area contributed by atoms with Crippen molar-refractivity contribution in [3.8, 4) is 17.2 Å². The number of unbranched alkanes of at least 4 members (excludes halogenated alkanes) is 5. The van der Waals surface area contributed by atoms with Crippen molar-refractivity contribution in [2.24, 2.45) is 0 Å². The van der Waals surface area contributed by atoms with Crippen molar-refractivity contribution < 1.29 is 19.0 Å². The van der Waals surface area contributed by atoms with Gasteiger partial charge in [-0.1, -0.05) is 37.5 Å². The van der Waals surface area contributed by atoms with Crippen LogP contribution in [0.4, 0.5) is 0 Å². The van der Waals surface area contributed by atoms with E-state index in [1.807, 2.05) is 24.3 Å². The predicted octanol–water partition coefficient (Wildman–Crippen LogP) is 5.01. The summed E-state index contributed by atoms with van der Waals surface area (Å²) in [5, 5.41) is -0.442. The lowest BCUT2D eigenvalue weighted by atomic mass is 10.1. The van der Waals surface area contributed by atoms with Gasteiger partial charge in [0.2, 0.25) is 12.0 Å². The van der Waals surface area contributed by atoms with Gasteiger partial charge < -0.3 is 14.2 Å². The molecule has 5 heteroatoms. The van der Waals surface area contributed by atoms with Gasteiger partial charge in [0.1, 0.15) is 5.75 Å². The van der Waals surface area contributed by atoms with E-state index in [9.17, 15) is 4.79 Å². The van der Waals surface area contributed by atoms with E-state index in [1.54, 1.807) is 6.08 Å². The van der Waals surface area contributed by atoms with Crippen LogP contribution < -0.4 is 14.2 Å². The molecular weight excluding hydrogens is 328 g/mol. The summed E-state index contributed by atoms with van der Waals surface area (Å²) < 4.78 is 16.3. The maximum atomic E-state index is 10.5. The second-order valence-electron chi connectivity index (χ2n) is 5.51. The molecule has 0 aromatic heterocycles. The number of carbonyl (C=O) groups is 1. The van der Waals surface area contributed by atoms with Crippen LogP contribution in [0.3, 0.4) is 0 Å². The first-order valence-electron chi connectivity index (χ1n) is 8.31. The molecule has 130 valence electrons. The van der Waals surface area contributed by atoms with Crippen LogP contribution in [0, 0.1) is 0 Å². The van der Waals surface area contributed by atoms with E-state index >= 15 is 0 Å². The van der Waals surface area contributed by atoms with E-state index in [2.05, 4.69) is 6.08 Å². The van der Waals surface area contributed by atoms with Gasteiger partial charge in [-0.05, 0) is 49.1 Å². The van der Waals surface area contributed by atoms with Crippen LogP contribution in [0.1, 0.15) is 38.5 Å². The van der Waals surface area contributed by atoms with Gasteiger partial charge in [0, 0.05) is 6.07 Å². The molecule has 0 unspecified atom stereocenters. The summed E-state index contributed by atoms with van der Waals surface area (Å²) in [5.41, 5.74) is 0. The molecule has 0 bridgehead atoms. The Morgan fingerprint density at radius 3 is 2.75 bits per heavy atom. The zero-order chi connectivity index (χ0) is 17.0. The molecular formula is C19H23ClO4. The Balaban J connectivity index is 1.45. The molecule has 24 heavy (non-hydrogen) atoms. The molecule has 1 aromatic rings. The zero-order valence-corrected chi connectivity index (χ0v) is 14.5. The number of hydrogen-bond acceptors (Lipinski definition) is 4. The SMILES string of the molecule is O=C(Cl)C=C/C=C/CCCCCCCOc1ccc2c(c1)OCO2. The Bertz CT molecular complexity index is 581. The van der Waals surface area contributed by atoms with E-state index in [-0.39, 0.29) is 6.79 Å². The lowest BCUT2D eigenvalue weighted by molar-refractivity contribution is -0.107. The van der Waals surface area contributed by atoms with Crippen molar-refractivity contribution >= 4 is 16.8 Å². The van der Waals surface area contributed by atoms with Crippen LogP contribution in [0.5, 0.6) is 17.2 Å². The Labute approximate surface area is 148 Å². The Hall–Kier alpha value is -1.94. The minimum Gasteiger partial charge on any atom is -0.493 e. The zero-order valence-electron chi connectivity index (χ0n) is 13.7. The van der Waals surface area contributed by atoms with E-state index in [0.29, 0.717) is 0 Å². The summed E-state index contributed by atoms with van der Waals surface area (Å²) >= 11 is 5.18. The van der Waals surface area contributed by atoms with Crippen LogP contribution in [0.2, 0.25) is 0 Å². The molecule has 4 nitrogen and oxygen atoms in total. The van der Waals surface area contributed by atoms with Gasteiger partial charge in [0.05, 0.1) is 6.61 Å². The third-order valence-corrected chi connectivity index (χ3v) is 3.73. The number of hydrogen-bond donors (Lipinski definition) is 0. The molecule has 0 saturated heterocycles. The summed E-state index contributed by atoms with van der Waals surface area (Å²) in [6, 6.07) is 5.66. The molecule has 0 atom stereocenters. The summed E-state index contributed by atoms with van der Waals surface area (Å²) in [6.07, 6.45) is 13.7. The Morgan fingerprint density at radius 1 is 1.08 bits per heavy atom. The number of carbonyl (C=O) groups excluding carboxylic acids is 1. The van der Waals surface area contributed by atoms with Crippen LogP contribution in [0.15, 0.2) is 42.5 Å². The van der Waals surface area contributed by atoms with E-state index in [4.69, 9.17) is 25.8 Å². The number of benzene rings is 1. The van der Waals surface area contributed by atoms with Gasteiger partial charge >= 0.3 is 0 Å². The third kappa shape index (κ3) is 7.09. The van der Waals surface area contributed by atoms with Crippen molar-refractivity contribution in [3.05, 3.63) is 42.5 Å². The molecule has 0 spiro atoms. The molecule has 0 fully saturated rings. The normalized spacial score (nSPS) is 13.0. The van der Waals surface area contributed by atoms with Gasteiger partial charge in [0.25, 0.3) is 0 Å². The summed E-state index contributed by atoms with van der Waals surface area (Å²) in [5.74, 6) is 2.36. The first-order chi connectivity index (χ1) is 11.8. The highest BCUT2D eigenvalue weighted by Crippen LogP contribution is 2.35. The quantitative estimate of drug-likeness (QED) is 0.243. The summed E-state index contributed by atoms with van der Waals surface area (Å²) in [7, 11) is 0. The van der Waals surface area contributed by atoms with Crippen LogP contribution >= 0.6 is 11.6 Å². The lowest BCUT2D eigenvalue weighted by Crippen LogP contribution is -1.97. The first-order valence-corrected chi connectivity index (χ1v) is 8.68. The molecule has 1 aromatic carbocycles. The molecule has 2 rings (SSSR count). The predicted molar refractivity (Wildman–Crippen MR) is 94.9 cm³/mol. The lowest BCUT2D eigenvalue weighted by Gasteiger charge is -2.06. The molecule has 0 saturated carbocycles. The molecule has 0 N–H and O–H groups in total. The number of allylic oxidation sites excluding steroid dienone is 4. The highest BCUT2D eigenvalue weighted by Gasteiger charge is 2.13. The van der Waals surface area contributed by atoms with Crippen LogP contribution in [-0.4, -0.2) is 18.6 Å². The topological polar surface area (TPSA) is 44.8 Å². The molecule has 0 aliphatic carbocycles. The fraction of sp³-hybridized carbons (Fsp3) is 0.421. The number of rotatable bonds is 11. The highest BCUT2D eigenvalue weighted by molar-refractivity contribution is 6.66. The van der Waals surface area contributed by atoms with Crippen LogP contribution in [0.25, 0.3) is 0 Å². The largest absolute Gasteiger partial charge is 0.493 e. The number of halogens is 1. The van der Waals surface area contributed by atoms with E-state index in [0.717, 1.165) is 49.5 Å². The van der Waals surface area contributed by atoms with Crippen molar-refractivity contribution in [1.29, 1.82) is 0 Å². The number of ether oxygens (including phenoxy) is 3. The average molecular weight is 351 g/mol.